The van der Waals surface area contributed by atoms with Gasteiger partial charge in [0.15, 0.2) is 0 Å². The fourth-order valence-electron chi connectivity index (χ4n) is 0.509. The van der Waals surface area contributed by atoms with Crippen LogP contribution in [0.15, 0.2) is 5.10 Å². The van der Waals surface area contributed by atoms with E-state index >= 15 is 0 Å². The number of amides is 2. The van der Waals surface area contributed by atoms with E-state index in [9.17, 15) is 4.79 Å². The summed E-state index contributed by atoms with van der Waals surface area (Å²) in [6.45, 7) is 3.68. The maximum absolute atomic E-state index is 10.4. The lowest BCUT2D eigenvalue weighted by Crippen LogP contribution is -2.28. The fourth-order valence-corrected chi connectivity index (χ4v) is 0.509. The Morgan fingerprint density at radius 2 is 2.30 bits per heavy atom. The molecule has 55 valence electrons. The summed E-state index contributed by atoms with van der Waals surface area (Å²) >= 11 is 0. The highest BCUT2D eigenvalue weighted by atomic mass is 16.5. The summed E-state index contributed by atoms with van der Waals surface area (Å²) in [6.07, 6.45) is 0.00681. The van der Waals surface area contributed by atoms with Crippen molar-refractivity contribution in [3.63, 3.8) is 0 Å². The zero-order valence-electron chi connectivity index (χ0n) is 5.79. The number of carbonyl (C=O) groups excluding carboxylic acids is 1. The van der Waals surface area contributed by atoms with Crippen LogP contribution in [0.3, 0.4) is 0 Å². The molecule has 0 saturated heterocycles. The summed E-state index contributed by atoms with van der Waals surface area (Å²) in [7, 11) is 0. The van der Waals surface area contributed by atoms with Crippen LogP contribution in [0.4, 0.5) is 4.79 Å². The smallest absolute Gasteiger partial charge is 0.367 e. The standard InChI is InChI=1S/C5H8N3O2/c1-3(2)10-5-6-4(9)7-8-5/h3H,1-2H3,(H,6,8,9). The predicted octanol–water partition coefficient (Wildman–Crippen LogP) is 0.0100. The monoisotopic (exact) mass is 142 g/mol. The molecule has 0 spiro atoms. The number of hydrogen-bond donors (Lipinski definition) is 1. The molecular formula is C5H8N3O2. The number of rotatable bonds is 1. The second kappa shape index (κ2) is 2.55. The SMILES string of the molecule is CC(C)OC1=N[N]C(=O)N1. The van der Waals surface area contributed by atoms with Crippen LogP contribution in [0.25, 0.3) is 0 Å². The summed E-state index contributed by atoms with van der Waals surface area (Å²) in [5, 5.41) is 5.72. The number of urea groups is 1. The largest absolute Gasteiger partial charge is 0.461 e. The van der Waals surface area contributed by atoms with E-state index in [1.54, 1.807) is 0 Å². The van der Waals surface area contributed by atoms with Gasteiger partial charge < -0.3 is 4.74 Å². The van der Waals surface area contributed by atoms with Crippen molar-refractivity contribution in [2.75, 3.05) is 0 Å². The third-order valence-electron chi connectivity index (χ3n) is 0.793. The van der Waals surface area contributed by atoms with Crippen molar-refractivity contribution < 1.29 is 9.53 Å². The highest BCUT2D eigenvalue weighted by Crippen LogP contribution is 1.92. The summed E-state index contributed by atoms with van der Waals surface area (Å²) in [4.78, 5) is 10.4. The predicted molar refractivity (Wildman–Crippen MR) is 34.3 cm³/mol. The molecule has 0 saturated carbocycles. The molecule has 0 aliphatic carbocycles. The molecule has 0 atom stereocenters. The van der Waals surface area contributed by atoms with Gasteiger partial charge in [-0.1, -0.05) is 10.5 Å². The molecule has 10 heavy (non-hydrogen) atoms. The Bertz CT molecular complexity index is 176. The summed E-state index contributed by atoms with van der Waals surface area (Å²) in [6, 6.07) is -0.296. The molecule has 0 fully saturated rings. The van der Waals surface area contributed by atoms with Crippen molar-refractivity contribution >= 4 is 12.1 Å². The number of hydrogen-bond acceptors (Lipinski definition) is 3. The topological polar surface area (TPSA) is 64.8 Å². The van der Waals surface area contributed by atoms with E-state index < -0.39 is 6.03 Å². The third-order valence-corrected chi connectivity index (χ3v) is 0.793. The third kappa shape index (κ3) is 1.61. The lowest BCUT2D eigenvalue weighted by atomic mass is 10.5. The van der Waals surface area contributed by atoms with Gasteiger partial charge in [0.2, 0.25) is 0 Å². The Kier molecular flexibility index (Phi) is 1.75. The first-order valence-electron chi connectivity index (χ1n) is 2.95. The van der Waals surface area contributed by atoms with E-state index in [0.717, 1.165) is 0 Å². The van der Waals surface area contributed by atoms with Gasteiger partial charge >= 0.3 is 12.1 Å². The number of nitrogens with zero attached hydrogens (tertiary/aromatic N) is 2. The molecule has 0 unspecified atom stereocenters. The van der Waals surface area contributed by atoms with Gasteiger partial charge in [-0.05, 0) is 13.8 Å². The van der Waals surface area contributed by atoms with E-state index in [2.05, 4.69) is 15.8 Å². The molecule has 1 heterocycles. The molecule has 1 N–H and O–H groups in total. The minimum atomic E-state index is -0.476. The molecule has 0 bridgehead atoms. The van der Waals surface area contributed by atoms with E-state index in [4.69, 9.17) is 4.74 Å². The van der Waals surface area contributed by atoms with E-state index in [1.807, 2.05) is 13.8 Å². The first-order valence-corrected chi connectivity index (χ1v) is 2.95. The molecule has 0 aromatic heterocycles. The fraction of sp³-hybridized carbons (Fsp3) is 0.600. The Hall–Kier alpha value is -1.26. The van der Waals surface area contributed by atoms with Crippen molar-refractivity contribution in [3.05, 3.63) is 0 Å². The van der Waals surface area contributed by atoms with Crippen LogP contribution in [-0.4, -0.2) is 18.2 Å². The first kappa shape index (κ1) is 6.85. The molecule has 1 radical (unpaired) electrons. The van der Waals surface area contributed by atoms with Crippen molar-refractivity contribution in [3.8, 4) is 0 Å². The Morgan fingerprint density at radius 1 is 1.60 bits per heavy atom. The van der Waals surface area contributed by atoms with Crippen molar-refractivity contribution in [2.24, 2.45) is 5.10 Å². The molecule has 0 aromatic rings. The van der Waals surface area contributed by atoms with Gasteiger partial charge in [-0.25, -0.2) is 4.79 Å². The number of amidine groups is 1. The quantitative estimate of drug-likeness (QED) is 0.560. The minimum absolute atomic E-state index is 0.00681. The maximum atomic E-state index is 10.4. The molecule has 5 heteroatoms. The second-order valence-corrected chi connectivity index (χ2v) is 2.10. The van der Waals surface area contributed by atoms with Crippen LogP contribution in [-0.2, 0) is 4.74 Å². The van der Waals surface area contributed by atoms with Crippen LogP contribution in [0, 0.1) is 0 Å². The Labute approximate surface area is 58.4 Å². The van der Waals surface area contributed by atoms with Crippen LogP contribution < -0.4 is 10.7 Å². The number of carbonyl (C=O) groups is 1. The summed E-state index contributed by atoms with van der Waals surface area (Å²) in [5.41, 5.74) is 3.18. The Morgan fingerprint density at radius 3 is 2.70 bits per heavy atom. The molecule has 1 aliphatic heterocycles. The van der Waals surface area contributed by atoms with E-state index in [-0.39, 0.29) is 12.1 Å². The van der Waals surface area contributed by atoms with Crippen LogP contribution in [0.2, 0.25) is 0 Å². The van der Waals surface area contributed by atoms with Crippen LogP contribution in [0.5, 0.6) is 0 Å². The highest BCUT2D eigenvalue weighted by molar-refractivity contribution is 5.97. The zero-order chi connectivity index (χ0) is 7.56. The highest BCUT2D eigenvalue weighted by Gasteiger charge is 2.16. The molecule has 1 rings (SSSR count). The molecule has 5 nitrogen and oxygen atoms in total. The van der Waals surface area contributed by atoms with E-state index in [1.165, 1.54) is 0 Å². The zero-order valence-corrected chi connectivity index (χ0v) is 5.79. The van der Waals surface area contributed by atoms with Gasteiger partial charge in [-0.3, -0.25) is 5.32 Å². The van der Waals surface area contributed by atoms with Crippen molar-refractivity contribution in [2.45, 2.75) is 20.0 Å². The van der Waals surface area contributed by atoms with Crippen LogP contribution >= 0.6 is 0 Å². The summed E-state index contributed by atoms with van der Waals surface area (Å²) < 4.78 is 5.01. The van der Waals surface area contributed by atoms with Crippen molar-refractivity contribution in [1.82, 2.24) is 10.7 Å². The second-order valence-electron chi connectivity index (χ2n) is 2.10. The van der Waals surface area contributed by atoms with Crippen LogP contribution in [0.1, 0.15) is 13.8 Å². The molecule has 2 amide bonds. The normalized spacial score (nSPS) is 16.3. The summed E-state index contributed by atoms with van der Waals surface area (Å²) in [5.74, 6) is 0. The van der Waals surface area contributed by atoms with Gasteiger partial charge in [-0.2, -0.15) is 0 Å². The average molecular weight is 142 g/mol. The number of nitrogens with one attached hydrogen (secondary N) is 1. The van der Waals surface area contributed by atoms with Gasteiger partial charge in [0.25, 0.3) is 0 Å². The lowest BCUT2D eigenvalue weighted by molar-refractivity contribution is 0.218. The Balaban J connectivity index is 2.37. The van der Waals surface area contributed by atoms with E-state index in [0.29, 0.717) is 0 Å². The van der Waals surface area contributed by atoms with Gasteiger partial charge in [0.05, 0.1) is 6.10 Å². The minimum Gasteiger partial charge on any atom is -0.461 e. The van der Waals surface area contributed by atoms with Crippen molar-refractivity contribution in [1.29, 1.82) is 0 Å². The van der Waals surface area contributed by atoms with Gasteiger partial charge in [0, 0.05) is 0 Å². The molecular weight excluding hydrogens is 134 g/mol. The first-order chi connectivity index (χ1) is 4.68. The number of ether oxygens (including phenoxy) is 1. The van der Waals surface area contributed by atoms with Gasteiger partial charge in [-0.15, -0.1) is 0 Å². The molecule has 0 aromatic carbocycles. The lowest BCUT2D eigenvalue weighted by Gasteiger charge is -2.05. The average Bonchev–Trinajstić information content (AvgIpc) is 2.13. The maximum Gasteiger partial charge on any atom is 0.367 e. The molecule has 1 aliphatic rings. The van der Waals surface area contributed by atoms with Gasteiger partial charge in [0.1, 0.15) is 0 Å².